The van der Waals surface area contributed by atoms with E-state index in [0.29, 0.717) is 12.1 Å². The molecule has 0 radical (unpaired) electrons. The van der Waals surface area contributed by atoms with E-state index in [9.17, 15) is 9.90 Å². The number of nitrogens with zero attached hydrogens (tertiary/aromatic N) is 2. The van der Waals surface area contributed by atoms with Crippen LogP contribution in [0, 0.1) is 0 Å². The van der Waals surface area contributed by atoms with Gasteiger partial charge >= 0.3 is 0 Å². The first-order valence-corrected chi connectivity index (χ1v) is 9.30. The van der Waals surface area contributed by atoms with Gasteiger partial charge in [0.2, 0.25) is 0 Å². The lowest BCUT2D eigenvalue weighted by molar-refractivity contribution is 0.0949. The van der Waals surface area contributed by atoms with Gasteiger partial charge in [-0.1, -0.05) is 29.8 Å². The van der Waals surface area contributed by atoms with Crippen LogP contribution in [0.25, 0.3) is 0 Å². The normalized spacial score (nSPS) is 15.0. The van der Waals surface area contributed by atoms with Crippen molar-refractivity contribution in [3.8, 4) is 5.75 Å². The van der Waals surface area contributed by atoms with E-state index in [4.69, 9.17) is 11.6 Å². The Morgan fingerprint density at radius 2 is 1.85 bits per heavy atom. The highest BCUT2D eigenvalue weighted by Crippen LogP contribution is 2.20. The summed E-state index contributed by atoms with van der Waals surface area (Å²) in [6.07, 6.45) is 0.885. The summed E-state index contributed by atoms with van der Waals surface area (Å²) in [4.78, 5) is 16.8. The van der Waals surface area contributed by atoms with Crippen LogP contribution in [-0.4, -0.2) is 55.2 Å². The fourth-order valence-electron chi connectivity index (χ4n) is 3.17. The van der Waals surface area contributed by atoms with Crippen molar-refractivity contribution in [3.05, 3.63) is 59.1 Å². The van der Waals surface area contributed by atoms with Crippen LogP contribution < -0.4 is 10.2 Å². The number of carbonyl (C=O) groups excluding carboxylic acids is 1. The second kappa shape index (κ2) is 8.92. The topological polar surface area (TPSA) is 55.8 Å². The van der Waals surface area contributed by atoms with Gasteiger partial charge in [0.25, 0.3) is 5.91 Å². The first kappa shape index (κ1) is 18.5. The van der Waals surface area contributed by atoms with E-state index >= 15 is 0 Å². The van der Waals surface area contributed by atoms with Crippen LogP contribution in [0.2, 0.25) is 5.02 Å². The number of anilines is 1. The molecule has 6 heteroatoms. The van der Waals surface area contributed by atoms with Gasteiger partial charge in [0.05, 0.1) is 5.56 Å². The first-order valence-electron chi connectivity index (χ1n) is 8.92. The maximum Gasteiger partial charge on any atom is 0.255 e. The van der Waals surface area contributed by atoms with Crippen LogP contribution in [0.4, 0.5) is 5.69 Å². The molecule has 0 aromatic heterocycles. The van der Waals surface area contributed by atoms with Crippen molar-refractivity contribution in [2.45, 2.75) is 6.42 Å². The van der Waals surface area contributed by atoms with E-state index in [2.05, 4.69) is 21.2 Å². The predicted molar refractivity (Wildman–Crippen MR) is 105 cm³/mol. The Bertz CT molecular complexity index is 745. The lowest BCUT2D eigenvalue weighted by Gasteiger charge is -2.36. The molecule has 2 aromatic rings. The largest absolute Gasteiger partial charge is 0.507 e. The number of phenols is 1. The summed E-state index contributed by atoms with van der Waals surface area (Å²) in [5.74, 6) is -0.212. The number of aromatic hydroxyl groups is 1. The van der Waals surface area contributed by atoms with Crippen LogP contribution in [-0.2, 0) is 0 Å². The fraction of sp³-hybridized carbons (Fsp3) is 0.350. The van der Waals surface area contributed by atoms with Crippen molar-refractivity contribution >= 4 is 23.2 Å². The molecule has 0 bridgehead atoms. The minimum Gasteiger partial charge on any atom is -0.507 e. The molecular weight excluding hydrogens is 350 g/mol. The van der Waals surface area contributed by atoms with Crippen LogP contribution in [0.15, 0.2) is 48.5 Å². The number of piperazine rings is 1. The highest BCUT2D eigenvalue weighted by Gasteiger charge is 2.17. The number of para-hydroxylation sites is 1. The van der Waals surface area contributed by atoms with Gasteiger partial charge < -0.3 is 15.3 Å². The third kappa shape index (κ3) is 4.90. The molecule has 1 heterocycles. The Morgan fingerprint density at radius 3 is 2.58 bits per heavy atom. The van der Waals surface area contributed by atoms with E-state index in [1.165, 1.54) is 11.8 Å². The zero-order valence-corrected chi connectivity index (χ0v) is 15.5. The summed E-state index contributed by atoms with van der Waals surface area (Å²) in [7, 11) is 0. The van der Waals surface area contributed by atoms with Gasteiger partial charge in [-0.3, -0.25) is 9.69 Å². The standard InChI is InChI=1S/C20H24ClN3O2/c21-16-5-3-6-17(15-16)24-13-11-23(12-14-24)10-4-9-22-20(26)18-7-1-2-8-19(18)25/h1-3,5-8,15,25H,4,9-14H2,(H,22,26). The SMILES string of the molecule is O=C(NCCCN1CCN(c2cccc(Cl)c2)CC1)c1ccccc1O. The zero-order valence-electron chi connectivity index (χ0n) is 14.7. The van der Waals surface area contributed by atoms with Crippen molar-refractivity contribution < 1.29 is 9.90 Å². The summed E-state index contributed by atoms with van der Waals surface area (Å²) < 4.78 is 0. The first-order chi connectivity index (χ1) is 12.6. The third-order valence-corrected chi connectivity index (χ3v) is 4.87. The van der Waals surface area contributed by atoms with E-state index < -0.39 is 0 Å². The van der Waals surface area contributed by atoms with Crippen LogP contribution in [0.3, 0.4) is 0 Å². The van der Waals surface area contributed by atoms with Gasteiger partial charge in [0.1, 0.15) is 5.75 Å². The molecular formula is C20H24ClN3O2. The van der Waals surface area contributed by atoms with Crippen LogP contribution >= 0.6 is 11.6 Å². The molecule has 2 aromatic carbocycles. The number of carbonyl (C=O) groups is 1. The van der Waals surface area contributed by atoms with E-state index in [-0.39, 0.29) is 11.7 Å². The average Bonchev–Trinajstić information content (AvgIpc) is 2.66. The Morgan fingerprint density at radius 1 is 1.08 bits per heavy atom. The third-order valence-electron chi connectivity index (χ3n) is 4.63. The Kier molecular flexibility index (Phi) is 6.36. The van der Waals surface area contributed by atoms with Crippen LogP contribution in [0.1, 0.15) is 16.8 Å². The molecule has 0 atom stereocenters. The van der Waals surface area contributed by atoms with Crippen LogP contribution in [0.5, 0.6) is 5.75 Å². The average molecular weight is 374 g/mol. The van der Waals surface area contributed by atoms with Gasteiger partial charge in [0.15, 0.2) is 0 Å². The van der Waals surface area contributed by atoms with Gasteiger partial charge in [0, 0.05) is 43.4 Å². The molecule has 5 nitrogen and oxygen atoms in total. The molecule has 138 valence electrons. The second-order valence-corrected chi connectivity index (χ2v) is 6.87. The maximum atomic E-state index is 12.0. The summed E-state index contributed by atoms with van der Waals surface area (Å²) in [6.45, 7) is 5.50. The molecule has 2 N–H and O–H groups in total. The summed E-state index contributed by atoms with van der Waals surface area (Å²) in [5, 5.41) is 13.3. The monoisotopic (exact) mass is 373 g/mol. The zero-order chi connectivity index (χ0) is 18.4. The summed E-state index contributed by atoms with van der Waals surface area (Å²) in [5.41, 5.74) is 1.50. The van der Waals surface area contributed by atoms with E-state index in [1.54, 1.807) is 18.2 Å². The number of hydrogen-bond acceptors (Lipinski definition) is 4. The van der Waals surface area contributed by atoms with Gasteiger partial charge in [-0.2, -0.15) is 0 Å². The maximum absolute atomic E-state index is 12.0. The lowest BCUT2D eigenvalue weighted by Crippen LogP contribution is -2.47. The molecule has 0 aliphatic carbocycles. The lowest BCUT2D eigenvalue weighted by atomic mass is 10.2. The number of rotatable bonds is 6. The molecule has 1 aliphatic rings. The van der Waals surface area contributed by atoms with E-state index in [0.717, 1.165) is 44.2 Å². The highest BCUT2D eigenvalue weighted by atomic mass is 35.5. The second-order valence-electron chi connectivity index (χ2n) is 6.44. The molecule has 1 fully saturated rings. The molecule has 0 spiro atoms. The molecule has 1 aliphatic heterocycles. The van der Waals surface area contributed by atoms with Gasteiger partial charge in [-0.05, 0) is 43.3 Å². The number of halogens is 1. The number of benzene rings is 2. The molecule has 3 rings (SSSR count). The molecule has 0 saturated carbocycles. The molecule has 0 unspecified atom stereocenters. The van der Waals surface area contributed by atoms with Gasteiger partial charge in [-0.15, -0.1) is 0 Å². The smallest absolute Gasteiger partial charge is 0.255 e. The van der Waals surface area contributed by atoms with Crippen molar-refractivity contribution in [3.63, 3.8) is 0 Å². The van der Waals surface area contributed by atoms with Crippen molar-refractivity contribution in [2.75, 3.05) is 44.2 Å². The molecule has 26 heavy (non-hydrogen) atoms. The van der Waals surface area contributed by atoms with Crippen molar-refractivity contribution in [1.82, 2.24) is 10.2 Å². The summed E-state index contributed by atoms with van der Waals surface area (Å²) >= 11 is 6.07. The summed E-state index contributed by atoms with van der Waals surface area (Å²) in [6, 6.07) is 14.6. The van der Waals surface area contributed by atoms with E-state index in [1.807, 2.05) is 18.2 Å². The van der Waals surface area contributed by atoms with Gasteiger partial charge in [-0.25, -0.2) is 0 Å². The fourth-order valence-corrected chi connectivity index (χ4v) is 3.35. The minimum absolute atomic E-state index is 0.0159. The Hall–Kier alpha value is -2.24. The number of nitrogens with one attached hydrogen (secondary N) is 1. The number of hydrogen-bond donors (Lipinski definition) is 2. The molecule has 1 saturated heterocycles. The van der Waals surface area contributed by atoms with Crippen molar-refractivity contribution in [2.24, 2.45) is 0 Å². The quantitative estimate of drug-likeness (QED) is 0.764. The number of amides is 1. The molecule has 1 amide bonds. The highest BCUT2D eigenvalue weighted by molar-refractivity contribution is 6.30. The Labute approximate surface area is 159 Å². The predicted octanol–water partition coefficient (Wildman–Crippen LogP) is 2.99. The van der Waals surface area contributed by atoms with Crippen molar-refractivity contribution in [1.29, 1.82) is 0 Å². The minimum atomic E-state index is -0.228. The Balaban J connectivity index is 1.37. The number of phenolic OH excluding ortho intramolecular Hbond substituents is 1.